The van der Waals surface area contributed by atoms with E-state index in [1.807, 2.05) is 0 Å². The molecule has 4 aromatic rings. The highest BCUT2D eigenvalue weighted by Crippen LogP contribution is 2.28. The van der Waals surface area contributed by atoms with Crippen LogP contribution in [0.25, 0.3) is 11.0 Å². The minimum Gasteiger partial charge on any atom is -0.345 e. The van der Waals surface area contributed by atoms with E-state index < -0.39 is 38.7 Å². The van der Waals surface area contributed by atoms with Crippen molar-refractivity contribution in [3.8, 4) is 0 Å². The molecule has 9 heteroatoms. The third-order valence-electron chi connectivity index (χ3n) is 4.59. The number of pyridine rings is 1. The summed E-state index contributed by atoms with van der Waals surface area (Å²) >= 11 is 0. The number of hydrogen-bond donors (Lipinski definition) is 2. The van der Waals surface area contributed by atoms with Crippen molar-refractivity contribution in [2.24, 2.45) is 0 Å². The van der Waals surface area contributed by atoms with E-state index in [4.69, 9.17) is 0 Å². The summed E-state index contributed by atoms with van der Waals surface area (Å²) in [5, 5.41) is 0.395. The maximum atomic E-state index is 15.1. The number of H-pyrrole nitrogens is 1. The molecule has 0 aliphatic heterocycles. The fourth-order valence-corrected chi connectivity index (χ4v) is 4.10. The average molecular weight is 427 g/mol. The number of aromatic amines is 1. The first-order valence-corrected chi connectivity index (χ1v) is 10.3. The second-order valence-corrected chi connectivity index (χ2v) is 8.32. The third-order valence-corrected chi connectivity index (χ3v) is 5.97. The second kappa shape index (κ2) is 7.34. The topological polar surface area (TPSA) is 91.9 Å². The van der Waals surface area contributed by atoms with Crippen LogP contribution in [0.15, 0.2) is 65.8 Å². The number of benzene rings is 2. The van der Waals surface area contributed by atoms with Crippen molar-refractivity contribution in [3.05, 3.63) is 89.2 Å². The van der Waals surface area contributed by atoms with Crippen LogP contribution < -0.4 is 4.72 Å². The van der Waals surface area contributed by atoms with E-state index in [1.165, 1.54) is 24.5 Å². The summed E-state index contributed by atoms with van der Waals surface area (Å²) in [6, 6.07) is 10.9. The monoisotopic (exact) mass is 427 g/mol. The number of carbonyl (C=O) groups excluding carboxylic acids is 1. The van der Waals surface area contributed by atoms with Crippen LogP contribution in [0, 0.1) is 18.6 Å². The molecule has 0 radical (unpaired) electrons. The quantitative estimate of drug-likeness (QED) is 0.468. The van der Waals surface area contributed by atoms with Crippen LogP contribution in [0.5, 0.6) is 0 Å². The Labute approximate surface area is 170 Å². The molecule has 30 heavy (non-hydrogen) atoms. The van der Waals surface area contributed by atoms with E-state index in [-0.39, 0.29) is 10.5 Å². The van der Waals surface area contributed by atoms with Gasteiger partial charge in [0.05, 0.1) is 16.1 Å². The van der Waals surface area contributed by atoms with Crippen molar-refractivity contribution in [1.29, 1.82) is 0 Å². The zero-order valence-corrected chi connectivity index (χ0v) is 16.4. The molecule has 2 aromatic heterocycles. The zero-order valence-electron chi connectivity index (χ0n) is 15.6. The van der Waals surface area contributed by atoms with Gasteiger partial charge in [0.15, 0.2) is 5.82 Å². The lowest BCUT2D eigenvalue weighted by Gasteiger charge is -2.12. The molecule has 0 fully saturated rings. The summed E-state index contributed by atoms with van der Waals surface area (Å²) in [6.45, 7) is 1.79. The van der Waals surface area contributed by atoms with Crippen molar-refractivity contribution in [3.63, 3.8) is 0 Å². The van der Waals surface area contributed by atoms with Crippen molar-refractivity contribution >= 4 is 32.5 Å². The van der Waals surface area contributed by atoms with E-state index in [1.54, 1.807) is 31.2 Å². The molecule has 0 amide bonds. The van der Waals surface area contributed by atoms with Gasteiger partial charge in [0.2, 0.25) is 5.78 Å². The highest BCUT2D eigenvalue weighted by molar-refractivity contribution is 7.92. The Hall–Kier alpha value is -3.59. The van der Waals surface area contributed by atoms with Crippen LogP contribution in [0.3, 0.4) is 0 Å². The van der Waals surface area contributed by atoms with Gasteiger partial charge in [-0.25, -0.2) is 22.2 Å². The fraction of sp³-hybridized carbons (Fsp3) is 0.0476. The molecule has 152 valence electrons. The number of halogens is 2. The van der Waals surface area contributed by atoms with Crippen molar-refractivity contribution < 1.29 is 22.0 Å². The standard InChI is InChI=1S/C21H15F2N3O3S/c1-12-4-6-13(7-5-12)30(28,29)26-17-9-8-16(22)18(19(17)23)20(27)15-11-25-21-14(15)3-2-10-24-21/h2-11,26H,1H3,(H,24,25). The number of ketones is 1. The predicted octanol–water partition coefficient (Wildman–Crippen LogP) is 4.18. The van der Waals surface area contributed by atoms with E-state index in [2.05, 4.69) is 14.7 Å². The molecule has 6 nitrogen and oxygen atoms in total. The maximum Gasteiger partial charge on any atom is 0.261 e. The summed E-state index contributed by atoms with van der Waals surface area (Å²) < 4.78 is 56.7. The van der Waals surface area contributed by atoms with Gasteiger partial charge in [-0.15, -0.1) is 0 Å². The summed E-state index contributed by atoms with van der Waals surface area (Å²) in [7, 11) is -4.14. The van der Waals surface area contributed by atoms with Crippen molar-refractivity contribution in [2.75, 3.05) is 4.72 Å². The number of nitrogens with zero attached hydrogens (tertiary/aromatic N) is 1. The number of sulfonamides is 1. The van der Waals surface area contributed by atoms with Gasteiger partial charge in [0.25, 0.3) is 10.0 Å². The van der Waals surface area contributed by atoms with E-state index in [9.17, 15) is 17.6 Å². The molecular formula is C21H15F2N3O3S. The van der Waals surface area contributed by atoms with E-state index in [0.717, 1.165) is 17.7 Å². The number of nitrogens with one attached hydrogen (secondary N) is 2. The highest BCUT2D eigenvalue weighted by atomic mass is 32.2. The van der Waals surface area contributed by atoms with Gasteiger partial charge in [0, 0.05) is 23.3 Å². The van der Waals surface area contributed by atoms with Gasteiger partial charge in [-0.1, -0.05) is 17.7 Å². The molecule has 4 rings (SSSR count). The average Bonchev–Trinajstić information content (AvgIpc) is 3.14. The Morgan fingerprint density at radius 1 is 1.07 bits per heavy atom. The number of aromatic nitrogens is 2. The first-order valence-electron chi connectivity index (χ1n) is 8.82. The lowest BCUT2D eigenvalue weighted by Crippen LogP contribution is -2.16. The number of anilines is 1. The predicted molar refractivity (Wildman–Crippen MR) is 108 cm³/mol. The fourth-order valence-electron chi connectivity index (χ4n) is 3.04. The van der Waals surface area contributed by atoms with Gasteiger partial charge in [0.1, 0.15) is 11.5 Å². The number of rotatable bonds is 5. The highest BCUT2D eigenvalue weighted by Gasteiger charge is 2.26. The number of aryl methyl sites for hydroxylation is 1. The first-order chi connectivity index (χ1) is 14.3. The lowest BCUT2D eigenvalue weighted by atomic mass is 10.0. The molecule has 0 bridgehead atoms. The molecule has 2 heterocycles. The number of hydrogen-bond acceptors (Lipinski definition) is 4. The molecule has 0 saturated carbocycles. The third kappa shape index (κ3) is 3.43. The van der Waals surface area contributed by atoms with Crippen LogP contribution in [-0.4, -0.2) is 24.2 Å². The van der Waals surface area contributed by atoms with Crippen LogP contribution in [0.1, 0.15) is 21.5 Å². The molecule has 0 aliphatic carbocycles. The van der Waals surface area contributed by atoms with Crippen LogP contribution in [0.4, 0.5) is 14.5 Å². The molecule has 0 saturated heterocycles. The van der Waals surface area contributed by atoms with Crippen molar-refractivity contribution in [2.45, 2.75) is 11.8 Å². The maximum absolute atomic E-state index is 15.1. The van der Waals surface area contributed by atoms with Gasteiger partial charge in [-0.05, 0) is 43.3 Å². The summed E-state index contributed by atoms with van der Waals surface area (Å²) in [6.07, 6.45) is 2.82. The van der Waals surface area contributed by atoms with Crippen molar-refractivity contribution in [1.82, 2.24) is 9.97 Å². The Morgan fingerprint density at radius 2 is 1.80 bits per heavy atom. The SMILES string of the molecule is Cc1ccc(S(=O)(=O)Nc2ccc(F)c(C(=O)c3c[nH]c4ncccc34)c2F)cc1. The largest absolute Gasteiger partial charge is 0.345 e. The number of carbonyl (C=O) groups is 1. The molecule has 2 N–H and O–H groups in total. The minimum absolute atomic E-state index is 0.0226. The zero-order chi connectivity index (χ0) is 21.5. The summed E-state index contributed by atoms with van der Waals surface area (Å²) in [5.74, 6) is -3.33. The Balaban J connectivity index is 1.75. The first kappa shape index (κ1) is 19.7. The molecule has 0 aliphatic rings. The minimum atomic E-state index is -4.14. The van der Waals surface area contributed by atoms with Gasteiger partial charge in [-0.3, -0.25) is 9.52 Å². The molecule has 0 spiro atoms. The molecule has 2 aromatic carbocycles. The summed E-state index contributed by atoms with van der Waals surface area (Å²) in [5.41, 5.74) is -0.127. The van der Waals surface area contributed by atoms with Gasteiger partial charge < -0.3 is 4.98 Å². The van der Waals surface area contributed by atoms with E-state index in [0.29, 0.717) is 11.0 Å². The van der Waals surface area contributed by atoms with Crippen LogP contribution in [-0.2, 0) is 10.0 Å². The smallest absolute Gasteiger partial charge is 0.261 e. The van der Waals surface area contributed by atoms with E-state index >= 15 is 4.39 Å². The second-order valence-electron chi connectivity index (χ2n) is 6.63. The lowest BCUT2D eigenvalue weighted by molar-refractivity contribution is 0.103. The Bertz CT molecular complexity index is 1380. The molecule has 0 atom stereocenters. The van der Waals surface area contributed by atoms with Gasteiger partial charge in [-0.2, -0.15) is 0 Å². The Morgan fingerprint density at radius 3 is 2.53 bits per heavy atom. The van der Waals surface area contributed by atoms with Crippen LogP contribution in [0.2, 0.25) is 0 Å². The van der Waals surface area contributed by atoms with Crippen LogP contribution >= 0.6 is 0 Å². The Kier molecular flexibility index (Phi) is 4.83. The normalized spacial score (nSPS) is 11.6. The summed E-state index contributed by atoms with van der Waals surface area (Å²) in [4.78, 5) is 19.6. The number of fused-ring (bicyclic) bond motifs is 1. The molecular weight excluding hydrogens is 412 g/mol. The molecule has 0 unspecified atom stereocenters. The van der Waals surface area contributed by atoms with Gasteiger partial charge >= 0.3 is 0 Å².